The molecule has 2 amide bonds. The van der Waals surface area contributed by atoms with Gasteiger partial charge in [-0.05, 0) is 66.6 Å². The first kappa shape index (κ1) is 16.2. The minimum atomic E-state index is -0.106. The number of hydrogen-bond donors (Lipinski definition) is 2. The molecule has 0 bridgehead atoms. The SMILES string of the molecule is CC(=O)Nc1cccc(CNC(=O)c2ccc3c(c2)CCCC3)c1. The smallest absolute Gasteiger partial charge is 0.251 e. The number of aryl methyl sites for hydroxylation is 2. The van der Waals surface area contributed by atoms with Crippen LogP contribution in [-0.2, 0) is 24.2 Å². The van der Waals surface area contributed by atoms with Crippen LogP contribution in [0.4, 0.5) is 5.69 Å². The number of amides is 2. The lowest BCUT2D eigenvalue weighted by atomic mass is 9.90. The van der Waals surface area contributed by atoms with Crippen LogP contribution < -0.4 is 10.6 Å². The lowest BCUT2D eigenvalue weighted by Gasteiger charge is -2.16. The number of carbonyl (C=O) groups is 2. The molecule has 124 valence electrons. The Bertz CT molecular complexity index is 768. The van der Waals surface area contributed by atoms with E-state index in [2.05, 4.69) is 16.7 Å². The maximum absolute atomic E-state index is 12.4. The molecule has 2 N–H and O–H groups in total. The van der Waals surface area contributed by atoms with E-state index in [-0.39, 0.29) is 11.8 Å². The van der Waals surface area contributed by atoms with E-state index in [0.29, 0.717) is 12.1 Å². The van der Waals surface area contributed by atoms with Crippen LogP contribution in [-0.4, -0.2) is 11.8 Å². The predicted molar refractivity (Wildman–Crippen MR) is 95.0 cm³/mol. The highest BCUT2D eigenvalue weighted by Crippen LogP contribution is 2.22. The first-order valence-electron chi connectivity index (χ1n) is 8.38. The van der Waals surface area contributed by atoms with E-state index in [9.17, 15) is 9.59 Å². The van der Waals surface area contributed by atoms with Crippen molar-refractivity contribution in [3.05, 3.63) is 64.7 Å². The van der Waals surface area contributed by atoms with Crippen LogP contribution in [0.5, 0.6) is 0 Å². The number of hydrogen-bond acceptors (Lipinski definition) is 2. The van der Waals surface area contributed by atoms with Crippen LogP contribution in [0.2, 0.25) is 0 Å². The summed E-state index contributed by atoms with van der Waals surface area (Å²) in [7, 11) is 0. The summed E-state index contributed by atoms with van der Waals surface area (Å²) in [5.41, 5.74) is 5.09. The van der Waals surface area contributed by atoms with Crippen molar-refractivity contribution < 1.29 is 9.59 Å². The molecule has 0 saturated heterocycles. The van der Waals surface area contributed by atoms with Gasteiger partial charge in [0.1, 0.15) is 0 Å². The Morgan fingerprint density at radius 2 is 1.79 bits per heavy atom. The van der Waals surface area contributed by atoms with Gasteiger partial charge in [-0.25, -0.2) is 0 Å². The Balaban J connectivity index is 1.64. The van der Waals surface area contributed by atoms with Crippen LogP contribution in [0.25, 0.3) is 0 Å². The molecule has 0 saturated carbocycles. The number of benzene rings is 2. The minimum absolute atomic E-state index is 0.0618. The molecule has 0 spiro atoms. The van der Waals surface area contributed by atoms with Crippen molar-refractivity contribution in [1.82, 2.24) is 5.32 Å². The molecule has 0 aromatic heterocycles. The molecule has 2 aromatic carbocycles. The van der Waals surface area contributed by atoms with Gasteiger partial charge in [-0.15, -0.1) is 0 Å². The quantitative estimate of drug-likeness (QED) is 0.906. The van der Waals surface area contributed by atoms with Gasteiger partial charge in [-0.2, -0.15) is 0 Å². The molecule has 4 nitrogen and oxygen atoms in total. The maximum Gasteiger partial charge on any atom is 0.251 e. The van der Waals surface area contributed by atoms with Crippen LogP contribution in [0, 0.1) is 0 Å². The van der Waals surface area contributed by atoms with Crippen molar-refractivity contribution in [3.8, 4) is 0 Å². The standard InChI is InChI=1S/C20H22N2O2/c1-14(23)22-19-8-4-5-15(11-19)13-21-20(24)18-10-9-16-6-2-3-7-17(16)12-18/h4-5,8-12H,2-3,6-7,13H2,1H3,(H,21,24)(H,22,23). The molecule has 1 aliphatic rings. The number of nitrogens with one attached hydrogen (secondary N) is 2. The Kier molecular flexibility index (Phi) is 4.94. The largest absolute Gasteiger partial charge is 0.348 e. The predicted octanol–water partition coefficient (Wildman–Crippen LogP) is 3.45. The molecule has 3 rings (SSSR count). The van der Waals surface area contributed by atoms with Crippen molar-refractivity contribution in [2.45, 2.75) is 39.2 Å². The molecular weight excluding hydrogens is 300 g/mol. The van der Waals surface area contributed by atoms with E-state index in [1.165, 1.54) is 30.9 Å². The van der Waals surface area contributed by atoms with Crippen molar-refractivity contribution in [2.75, 3.05) is 5.32 Å². The highest BCUT2D eigenvalue weighted by Gasteiger charge is 2.12. The van der Waals surface area contributed by atoms with E-state index < -0.39 is 0 Å². The lowest BCUT2D eigenvalue weighted by molar-refractivity contribution is -0.114. The van der Waals surface area contributed by atoms with Crippen LogP contribution in [0.1, 0.15) is 46.8 Å². The zero-order chi connectivity index (χ0) is 16.9. The summed E-state index contributed by atoms with van der Waals surface area (Å²) in [5.74, 6) is -0.168. The van der Waals surface area contributed by atoms with E-state index in [1.54, 1.807) is 0 Å². The third-order valence-electron chi connectivity index (χ3n) is 4.31. The third-order valence-corrected chi connectivity index (χ3v) is 4.31. The maximum atomic E-state index is 12.4. The Morgan fingerprint density at radius 3 is 2.58 bits per heavy atom. The average molecular weight is 322 g/mol. The molecule has 24 heavy (non-hydrogen) atoms. The van der Waals surface area contributed by atoms with Crippen LogP contribution >= 0.6 is 0 Å². The molecule has 0 heterocycles. The number of carbonyl (C=O) groups excluding carboxylic acids is 2. The van der Waals surface area contributed by atoms with Crippen LogP contribution in [0.3, 0.4) is 0 Å². The summed E-state index contributed by atoms with van der Waals surface area (Å²) in [6.45, 7) is 1.91. The fourth-order valence-electron chi connectivity index (χ4n) is 3.12. The van der Waals surface area contributed by atoms with Crippen LogP contribution in [0.15, 0.2) is 42.5 Å². The van der Waals surface area contributed by atoms with Gasteiger partial charge < -0.3 is 10.6 Å². The van der Waals surface area contributed by atoms with E-state index in [0.717, 1.165) is 24.1 Å². The monoisotopic (exact) mass is 322 g/mol. The minimum Gasteiger partial charge on any atom is -0.348 e. The van der Waals surface area contributed by atoms with E-state index in [1.807, 2.05) is 36.4 Å². The highest BCUT2D eigenvalue weighted by atomic mass is 16.2. The van der Waals surface area contributed by atoms with Crippen molar-refractivity contribution >= 4 is 17.5 Å². The van der Waals surface area contributed by atoms with Gasteiger partial charge in [0.2, 0.25) is 5.91 Å². The van der Waals surface area contributed by atoms with Gasteiger partial charge in [0.05, 0.1) is 0 Å². The summed E-state index contributed by atoms with van der Waals surface area (Å²) < 4.78 is 0. The molecule has 0 unspecified atom stereocenters. The van der Waals surface area contributed by atoms with Crippen molar-refractivity contribution in [3.63, 3.8) is 0 Å². The fraction of sp³-hybridized carbons (Fsp3) is 0.300. The number of rotatable bonds is 4. The first-order valence-corrected chi connectivity index (χ1v) is 8.38. The fourth-order valence-corrected chi connectivity index (χ4v) is 3.12. The lowest BCUT2D eigenvalue weighted by Crippen LogP contribution is -2.23. The normalized spacial score (nSPS) is 13.0. The zero-order valence-electron chi connectivity index (χ0n) is 13.9. The second-order valence-corrected chi connectivity index (χ2v) is 6.25. The van der Waals surface area contributed by atoms with Gasteiger partial charge in [0.15, 0.2) is 0 Å². The van der Waals surface area contributed by atoms with Crippen molar-refractivity contribution in [2.24, 2.45) is 0 Å². The molecule has 1 aliphatic carbocycles. The van der Waals surface area contributed by atoms with Crippen molar-refractivity contribution in [1.29, 1.82) is 0 Å². The average Bonchev–Trinajstić information content (AvgIpc) is 2.59. The zero-order valence-corrected chi connectivity index (χ0v) is 13.9. The Hall–Kier alpha value is -2.62. The van der Waals surface area contributed by atoms with Gasteiger partial charge in [0, 0.05) is 24.7 Å². The first-order chi connectivity index (χ1) is 11.6. The number of fused-ring (bicyclic) bond motifs is 1. The Labute approximate surface area is 142 Å². The van der Waals surface area contributed by atoms with E-state index >= 15 is 0 Å². The van der Waals surface area contributed by atoms with E-state index in [4.69, 9.17) is 0 Å². The summed E-state index contributed by atoms with van der Waals surface area (Å²) in [6, 6.07) is 13.5. The molecule has 2 aromatic rings. The molecule has 4 heteroatoms. The van der Waals surface area contributed by atoms with Gasteiger partial charge in [0.25, 0.3) is 5.91 Å². The van der Waals surface area contributed by atoms with Gasteiger partial charge >= 0.3 is 0 Å². The second-order valence-electron chi connectivity index (χ2n) is 6.25. The summed E-state index contributed by atoms with van der Waals surface area (Å²) in [6.07, 6.45) is 4.62. The summed E-state index contributed by atoms with van der Waals surface area (Å²) in [5, 5.41) is 5.70. The highest BCUT2D eigenvalue weighted by molar-refractivity contribution is 5.94. The molecule has 0 fully saturated rings. The topological polar surface area (TPSA) is 58.2 Å². The summed E-state index contributed by atoms with van der Waals surface area (Å²) >= 11 is 0. The molecular formula is C20H22N2O2. The third kappa shape index (κ3) is 4.02. The molecule has 0 aliphatic heterocycles. The second kappa shape index (κ2) is 7.30. The van der Waals surface area contributed by atoms with Gasteiger partial charge in [-0.3, -0.25) is 9.59 Å². The molecule has 0 atom stereocenters. The summed E-state index contributed by atoms with van der Waals surface area (Å²) in [4.78, 5) is 23.5. The Morgan fingerprint density at radius 1 is 1.00 bits per heavy atom. The van der Waals surface area contributed by atoms with Gasteiger partial charge in [-0.1, -0.05) is 18.2 Å². The number of anilines is 1. The molecule has 0 radical (unpaired) electrons.